The van der Waals surface area contributed by atoms with Crippen molar-refractivity contribution in [1.29, 1.82) is 0 Å². The van der Waals surface area contributed by atoms with E-state index in [1.54, 1.807) is 16.3 Å². The number of fused-ring (bicyclic) bond motifs is 2. The van der Waals surface area contributed by atoms with Crippen LogP contribution in [0.15, 0.2) is 29.0 Å². The molecule has 6 unspecified atom stereocenters. The van der Waals surface area contributed by atoms with Crippen LogP contribution < -0.4 is 21.3 Å². The van der Waals surface area contributed by atoms with Crippen LogP contribution >= 0.6 is 11.3 Å². The molecule has 15 heteroatoms. The lowest BCUT2D eigenvalue weighted by Crippen LogP contribution is -2.63. The van der Waals surface area contributed by atoms with Crippen LogP contribution in [0, 0.1) is 34.0 Å². The number of likely N-dealkylation sites (tertiary alicyclic amines) is 1. The van der Waals surface area contributed by atoms with Crippen molar-refractivity contribution in [3.8, 4) is 0 Å². The first kappa shape index (κ1) is 40.4. The lowest BCUT2D eigenvalue weighted by molar-refractivity contribution is -0.146. The van der Waals surface area contributed by atoms with E-state index < -0.39 is 68.6 Å². The first-order valence-corrected chi connectivity index (χ1v) is 21.8. The van der Waals surface area contributed by atoms with Crippen LogP contribution in [0.5, 0.6) is 0 Å². The summed E-state index contributed by atoms with van der Waals surface area (Å²) in [6.45, 7) is 16.4. The Hall–Kier alpha value is -3.30. The van der Waals surface area contributed by atoms with Crippen LogP contribution in [0.3, 0.4) is 0 Å². The topological polar surface area (TPSA) is 174 Å². The Morgan fingerprint density at radius 1 is 1.04 bits per heavy atom. The molecule has 0 aromatic carbocycles. The van der Waals surface area contributed by atoms with Gasteiger partial charge in [-0.05, 0) is 64.7 Å². The molecule has 0 radical (unpaired) electrons. The van der Waals surface area contributed by atoms with E-state index in [2.05, 4.69) is 41.7 Å². The number of sulfonamides is 1. The van der Waals surface area contributed by atoms with Gasteiger partial charge < -0.3 is 26.2 Å². The number of piperidine rings is 1. The summed E-state index contributed by atoms with van der Waals surface area (Å²) >= 11 is 1.40. The summed E-state index contributed by atoms with van der Waals surface area (Å²) in [6.07, 6.45) is 7.92. The molecule has 3 heterocycles. The lowest BCUT2D eigenvalue weighted by Gasteiger charge is -2.43. The Morgan fingerprint density at radius 2 is 1.72 bits per heavy atom. The maximum Gasteiger partial charge on any atom is 0.315 e. The van der Waals surface area contributed by atoms with Crippen LogP contribution in [0.25, 0.3) is 0 Å². The molecule has 6 rings (SSSR count). The summed E-state index contributed by atoms with van der Waals surface area (Å²) in [4.78, 5) is 72.0. The van der Waals surface area contributed by atoms with Crippen molar-refractivity contribution in [1.82, 2.24) is 30.5 Å². The second-order valence-corrected chi connectivity index (χ2v) is 21.1. The van der Waals surface area contributed by atoms with E-state index in [-0.39, 0.29) is 48.7 Å². The number of nitrogens with zero attached hydrogens (tertiary/aromatic N) is 2. The van der Waals surface area contributed by atoms with E-state index in [1.807, 2.05) is 27.7 Å². The second-order valence-electron chi connectivity index (χ2n) is 18.2. The van der Waals surface area contributed by atoms with Crippen molar-refractivity contribution in [3.63, 3.8) is 0 Å². The molecule has 4 fully saturated rings. The SMILES string of the molecule is C=CCNC(=O)C(=O)C(CC1CC1)NC(=O)C1C2C(CN1C(=O)C(NC(=O)NC(CN1Cc3sccc3S1(=O)=O)C(C)(C)C)C1(C)CCCCC1)C2(C)C. The van der Waals surface area contributed by atoms with Gasteiger partial charge in [-0.2, -0.15) is 4.31 Å². The quantitative estimate of drug-likeness (QED) is 0.163. The number of rotatable bonds is 14. The fourth-order valence-corrected chi connectivity index (χ4v) is 12.0. The van der Waals surface area contributed by atoms with Gasteiger partial charge in [-0.1, -0.05) is 79.7 Å². The minimum atomic E-state index is -3.69. The number of nitrogens with one attached hydrogen (secondary N) is 4. The van der Waals surface area contributed by atoms with Crippen LogP contribution in [-0.2, 0) is 35.7 Å². The minimum Gasteiger partial charge on any atom is -0.346 e. The molecule has 0 bridgehead atoms. The standard InChI is InChI=1S/C39H58N6O7S2/c1-8-17-40-34(48)31(46)25(19-23-12-13-23)41-33(47)30-29-24(38(29,5)6)20-45(30)35(49)32(39(7)15-10-9-11-16-39)43-36(50)42-28(37(2,3)4)22-44-21-26-27(14-18-53-26)54(44,51)52/h8,14,18,23-25,28-30,32H,1,9-13,15-17,19-22H2,2-7H3,(H,40,48)(H,41,47)(H2,42,43,50). The summed E-state index contributed by atoms with van der Waals surface area (Å²) in [6, 6.07) is -2.37. The van der Waals surface area contributed by atoms with Crippen LogP contribution in [0.2, 0.25) is 0 Å². The number of carbonyl (C=O) groups excluding carboxylic acids is 5. The highest BCUT2D eigenvalue weighted by atomic mass is 32.2. The third-order valence-electron chi connectivity index (χ3n) is 12.9. The number of hydrogen-bond donors (Lipinski definition) is 4. The maximum atomic E-state index is 14.9. The highest BCUT2D eigenvalue weighted by Gasteiger charge is 2.70. The Bertz CT molecular complexity index is 1770. The first-order chi connectivity index (χ1) is 25.3. The Morgan fingerprint density at radius 3 is 2.33 bits per heavy atom. The van der Waals surface area contributed by atoms with Gasteiger partial charge in [0.25, 0.3) is 5.91 Å². The molecule has 1 aromatic rings. The molecule has 5 aliphatic rings. The van der Waals surface area contributed by atoms with E-state index in [9.17, 15) is 32.4 Å². The first-order valence-electron chi connectivity index (χ1n) is 19.5. The molecule has 3 saturated carbocycles. The van der Waals surface area contributed by atoms with E-state index >= 15 is 0 Å². The van der Waals surface area contributed by atoms with Gasteiger partial charge in [-0.3, -0.25) is 19.2 Å². The molecule has 1 saturated heterocycles. The highest BCUT2D eigenvalue weighted by Crippen LogP contribution is 2.65. The smallest absolute Gasteiger partial charge is 0.315 e. The van der Waals surface area contributed by atoms with E-state index in [0.717, 1.165) is 37.0 Å². The number of hydrogen-bond acceptors (Lipinski definition) is 8. The van der Waals surface area contributed by atoms with Gasteiger partial charge >= 0.3 is 6.03 Å². The van der Waals surface area contributed by atoms with Crippen molar-refractivity contribution >= 4 is 50.9 Å². The normalized spacial score (nSPS) is 26.7. The van der Waals surface area contributed by atoms with E-state index in [1.165, 1.54) is 21.7 Å². The highest BCUT2D eigenvalue weighted by molar-refractivity contribution is 7.89. The molecule has 0 spiro atoms. The molecule has 1 aromatic heterocycles. The minimum absolute atomic E-state index is 0.0650. The van der Waals surface area contributed by atoms with Gasteiger partial charge in [-0.15, -0.1) is 17.9 Å². The Balaban J connectivity index is 1.22. The number of Topliss-reactive ketones (excluding diaryl/α,β-unsaturated/α-hetero) is 1. The van der Waals surface area contributed by atoms with E-state index in [0.29, 0.717) is 30.7 Å². The predicted molar refractivity (Wildman–Crippen MR) is 206 cm³/mol. The van der Waals surface area contributed by atoms with Crippen molar-refractivity contribution in [2.45, 2.75) is 129 Å². The Labute approximate surface area is 323 Å². The fourth-order valence-electron chi connectivity index (χ4n) is 9.04. The number of carbonyl (C=O) groups is 5. The Kier molecular flexibility index (Phi) is 11.2. The molecule has 3 aliphatic carbocycles. The summed E-state index contributed by atoms with van der Waals surface area (Å²) in [5, 5.41) is 13.3. The summed E-state index contributed by atoms with van der Waals surface area (Å²) < 4.78 is 28.1. The number of urea groups is 1. The maximum absolute atomic E-state index is 14.9. The number of thiophene rings is 1. The number of ketones is 1. The lowest BCUT2D eigenvalue weighted by atomic mass is 9.70. The van der Waals surface area contributed by atoms with Crippen LogP contribution in [0.1, 0.15) is 97.8 Å². The molecule has 13 nitrogen and oxygen atoms in total. The van der Waals surface area contributed by atoms with Crippen LogP contribution in [0.4, 0.5) is 4.79 Å². The fraction of sp³-hybridized carbons (Fsp3) is 0.718. The van der Waals surface area contributed by atoms with Crippen molar-refractivity contribution in [2.75, 3.05) is 19.6 Å². The van der Waals surface area contributed by atoms with Gasteiger partial charge in [0.1, 0.15) is 12.1 Å². The molecule has 6 atom stereocenters. The molecular formula is C39H58N6O7S2. The second kappa shape index (κ2) is 15.0. The molecule has 2 aliphatic heterocycles. The number of amides is 5. The van der Waals surface area contributed by atoms with Crippen molar-refractivity contribution < 1.29 is 32.4 Å². The van der Waals surface area contributed by atoms with Gasteiger partial charge in [-0.25, -0.2) is 13.2 Å². The summed E-state index contributed by atoms with van der Waals surface area (Å²) in [5.74, 6) is -2.12. The van der Waals surface area contributed by atoms with Crippen molar-refractivity contribution in [3.05, 3.63) is 29.0 Å². The molecule has 298 valence electrons. The third-order valence-corrected chi connectivity index (χ3v) is 15.8. The average Bonchev–Trinajstić information content (AvgIpc) is 3.78. The third kappa shape index (κ3) is 8.00. The zero-order valence-corrected chi connectivity index (χ0v) is 34.2. The van der Waals surface area contributed by atoms with E-state index in [4.69, 9.17) is 0 Å². The van der Waals surface area contributed by atoms with Crippen LogP contribution in [-0.4, -0.2) is 91.0 Å². The molecule has 4 N–H and O–H groups in total. The van der Waals surface area contributed by atoms with Gasteiger partial charge in [0, 0.05) is 37.1 Å². The predicted octanol–water partition coefficient (Wildman–Crippen LogP) is 3.94. The van der Waals surface area contributed by atoms with Gasteiger partial charge in [0.15, 0.2) is 0 Å². The van der Waals surface area contributed by atoms with Gasteiger partial charge in [0.2, 0.25) is 27.6 Å². The summed E-state index contributed by atoms with van der Waals surface area (Å²) in [5.41, 5.74) is -1.32. The monoisotopic (exact) mass is 786 g/mol. The average molecular weight is 787 g/mol. The molecule has 54 heavy (non-hydrogen) atoms. The molecule has 5 amide bonds. The zero-order chi connectivity index (χ0) is 39.4. The molecular weight excluding hydrogens is 729 g/mol. The van der Waals surface area contributed by atoms with Crippen molar-refractivity contribution in [2.24, 2.45) is 34.0 Å². The largest absolute Gasteiger partial charge is 0.346 e. The zero-order valence-electron chi connectivity index (χ0n) is 32.5. The summed E-state index contributed by atoms with van der Waals surface area (Å²) in [7, 11) is -3.69. The van der Waals surface area contributed by atoms with Gasteiger partial charge in [0.05, 0.1) is 10.9 Å².